The highest BCUT2D eigenvalue weighted by Crippen LogP contribution is 2.26. The Balaban J connectivity index is 2.37. The molecule has 0 saturated heterocycles. The molecule has 1 unspecified atom stereocenters. The van der Waals surface area contributed by atoms with Gasteiger partial charge in [0.1, 0.15) is 6.04 Å². The Morgan fingerprint density at radius 2 is 2.00 bits per heavy atom. The largest absolute Gasteiger partial charge is 0.480 e. The van der Waals surface area contributed by atoms with Crippen molar-refractivity contribution in [3.05, 3.63) is 12.7 Å². The van der Waals surface area contributed by atoms with Crippen LogP contribution in [0, 0.1) is 5.92 Å². The molecule has 1 saturated carbocycles. The molecule has 0 heterocycles. The molecule has 0 aromatic heterocycles. The summed E-state index contributed by atoms with van der Waals surface area (Å²) in [6.45, 7) is 4.14. The molecule has 5 heteroatoms. The van der Waals surface area contributed by atoms with Crippen molar-refractivity contribution in [2.45, 2.75) is 51.0 Å². The molecule has 0 aliphatic heterocycles. The fourth-order valence-electron chi connectivity index (χ4n) is 2.49. The van der Waals surface area contributed by atoms with Crippen LogP contribution in [0.15, 0.2) is 12.7 Å². The van der Waals surface area contributed by atoms with Crippen LogP contribution >= 0.6 is 0 Å². The molecule has 1 rings (SSSR count). The summed E-state index contributed by atoms with van der Waals surface area (Å²) in [5, 5.41) is 14.5. The smallest absolute Gasteiger partial charge is 0.326 e. The van der Waals surface area contributed by atoms with Gasteiger partial charge in [0, 0.05) is 6.54 Å². The van der Waals surface area contributed by atoms with Crippen molar-refractivity contribution in [2.75, 3.05) is 6.54 Å². The average Bonchev–Trinajstić information content (AvgIpc) is 2.41. The lowest BCUT2D eigenvalue weighted by Gasteiger charge is -2.28. The first-order valence-corrected chi connectivity index (χ1v) is 7.03. The van der Waals surface area contributed by atoms with Gasteiger partial charge in [0.05, 0.1) is 0 Å². The second-order valence-corrected chi connectivity index (χ2v) is 5.05. The minimum Gasteiger partial charge on any atom is -0.480 e. The number of carbonyl (C=O) groups excluding carboxylic acids is 1. The first kappa shape index (κ1) is 15.5. The third-order valence-corrected chi connectivity index (χ3v) is 3.54. The summed E-state index contributed by atoms with van der Waals surface area (Å²) in [5.74, 6) is -0.877. The van der Waals surface area contributed by atoms with Crippen LogP contribution in [0.1, 0.15) is 44.9 Å². The molecule has 19 heavy (non-hydrogen) atoms. The van der Waals surface area contributed by atoms with Gasteiger partial charge < -0.3 is 15.7 Å². The third kappa shape index (κ3) is 5.77. The Kier molecular flexibility index (Phi) is 7.00. The number of carboxylic acid groups (broad SMARTS) is 1. The average molecular weight is 268 g/mol. The Labute approximate surface area is 114 Å². The number of carboxylic acids is 1. The fraction of sp³-hybridized carbons (Fsp3) is 0.714. The summed E-state index contributed by atoms with van der Waals surface area (Å²) in [4.78, 5) is 22.9. The second-order valence-electron chi connectivity index (χ2n) is 5.05. The highest BCUT2D eigenvalue weighted by Gasteiger charge is 2.30. The number of rotatable bonds is 7. The van der Waals surface area contributed by atoms with Crippen molar-refractivity contribution < 1.29 is 14.7 Å². The normalized spacial score (nSPS) is 17.5. The summed E-state index contributed by atoms with van der Waals surface area (Å²) in [6, 6.07) is -1.15. The number of aliphatic carboxylic acids is 1. The second kappa shape index (κ2) is 8.56. The Morgan fingerprint density at radius 3 is 2.58 bits per heavy atom. The van der Waals surface area contributed by atoms with Gasteiger partial charge in [-0.25, -0.2) is 9.59 Å². The maximum atomic E-state index is 11.7. The summed E-state index contributed by atoms with van der Waals surface area (Å²) in [7, 11) is 0. The van der Waals surface area contributed by atoms with Crippen LogP contribution in [-0.4, -0.2) is 29.7 Å². The molecule has 0 radical (unpaired) electrons. The van der Waals surface area contributed by atoms with Gasteiger partial charge in [0.15, 0.2) is 0 Å². The van der Waals surface area contributed by atoms with E-state index in [1.807, 2.05) is 0 Å². The van der Waals surface area contributed by atoms with Crippen molar-refractivity contribution in [2.24, 2.45) is 5.92 Å². The van der Waals surface area contributed by atoms with E-state index in [1.54, 1.807) is 6.08 Å². The predicted octanol–water partition coefficient (Wildman–Crippen LogP) is 2.29. The maximum absolute atomic E-state index is 11.7. The van der Waals surface area contributed by atoms with E-state index in [4.69, 9.17) is 0 Å². The maximum Gasteiger partial charge on any atom is 0.326 e. The van der Waals surface area contributed by atoms with Gasteiger partial charge >= 0.3 is 12.0 Å². The van der Waals surface area contributed by atoms with Crippen LogP contribution in [0.2, 0.25) is 0 Å². The number of amides is 2. The molecule has 2 amide bonds. The minimum atomic E-state index is -0.937. The van der Waals surface area contributed by atoms with E-state index in [1.165, 1.54) is 0 Å². The van der Waals surface area contributed by atoms with E-state index >= 15 is 0 Å². The lowest BCUT2D eigenvalue weighted by atomic mass is 9.84. The quantitative estimate of drug-likeness (QED) is 0.489. The monoisotopic (exact) mass is 268 g/mol. The molecular weight excluding hydrogens is 244 g/mol. The standard InChI is InChI=1S/C14H24N2O3/c1-2-3-7-10-15-14(19)16-12(13(17)18)11-8-5-4-6-9-11/h2,11-12H,1,3-10H2,(H,17,18)(H2,15,16,19). The van der Waals surface area contributed by atoms with Gasteiger partial charge in [-0.05, 0) is 31.6 Å². The third-order valence-electron chi connectivity index (χ3n) is 3.54. The van der Waals surface area contributed by atoms with Crippen molar-refractivity contribution in [3.63, 3.8) is 0 Å². The highest BCUT2D eigenvalue weighted by molar-refractivity contribution is 5.82. The van der Waals surface area contributed by atoms with E-state index < -0.39 is 12.0 Å². The van der Waals surface area contributed by atoms with Crippen molar-refractivity contribution in [1.82, 2.24) is 10.6 Å². The summed E-state index contributed by atoms with van der Waals surface area (Å²) >= 11 is 0. The molecule has 0 spiro atoms. The molecule has 5 nitrogen and oxygen atoms in total. The van der Waals surface area contributed by atoms with Gasteiger partial charge in [-0.3, -0.25) is 0 Å². The predicted molar refractivity (Wildman–Crippen MR) is 74.0 cm³/mol. The van der Waals surface area contributed by atoms with Crippen LogP contribution in [0.4, 0.5) is 4.79 Å². The molecule has 0 aromatic carbocycles. The summed E-state index contributed by atoms with van der Waals surface area (Å²) < 4.78 is 0. The molecule has 1 aliphatic carbocycles. The van der Waals surface area contributed by atoms with E-state index in [9.17, 15) is 14.7 Å². The number of nitrogens with one attached hydrogen (secondary N) is 2. The molecule has 1 aliphatic rings. The molecule has 108 valence electrons. The molecule has 0 aromatic rings. The minimum absolute atomic E-state index is 0.0603. The van der Waals surface area contributed by atoms with E-state index in [2.05, 4.69) is 17.2 Å². The van der Waals surface area contributed by atoms with Crippen LogP contribution in [0.3, 0.4) is 0 Å². The zero-order valence-electron chi connectivity index (χ0n) is 11.4. The topological polar surface area (TPSA) is 78.4 Å². The summed E-state index contributed by atoms with van der Waals surface area (Å²) in [6.07, 6.45) is 8.48. The van der Waals surface area contributed by atoms with Crippen LogP contribution in [-0.2, 0) is 4.79 Å². The van der Waals surface area contributed by atoms with Crippen molar-refractivity contribution in [1.29, 1.82) is 0 Å². The van der Waals surface area contributed by atoms with Crippen LogP contribution < -0.4 is 10.6 Å². The lowest BCUT2D eigenvalue weighted by Crippen LogP contribution is -2.50. The van der Waals surface area contributed by atoms with E-state index in [-0.39, 0.29) is 11.9 Å². The van der Waals surface area contributed by atoms with Crippen molar-refractivity contribution in [3.8, 4) is 0 Å². The number of unbranched alkanes of at least 4 members (excludes halogenated alkanes) is 1. The number of hydrogen-bond acceptors (Lipinski definition) is 2. The van der Waals surface area contributed by atoms with Gasteiger partial charge in [0.25, 0.3) is 0 Å². The lowest BCUT2D eigenvalue weighted by molar-refractivity contribution is -0.141. The number of allylic oxidation sites excluding steroid dienone is 1. The number of carbonyl (C=O) groups is 2. The first-order valence-electron chi connectivity index (χ1n) is 7.03. The highest BCUT2D eigenvalue weighted by atomic mass is 16.4. The Morgan fingerprint density at radius 1 is 1.32 bits per heavy atom. The van der Waals surface area contributed by atoms with E-state index in [0.29, 0.717) is 6.54 Å². The van der Waals surface area contributed by atoms with Crippen molar-refractivity contribution >= 4 is 12.0 Å². The van der Waals surface area contributed by atoms with Gasteiger partial charge in [-0.2, -0.15) is 0 Å². The zero-order chi connectivity index (χ0) is 14.1. The molecule has 0 bridgehead atoms. The molecule has 1 fully saturated rings. The van der Waals surface area contributed by atoms with Gasteiger partial charge in [-0.15, -0.1) is 6.58 Å². The molecular formula is C14H24N2O3. The number of urea groups is 1. The number of hydrogen-bond donors (Lipinski definition) is 3. The van der Waals surface area contributed by atoms with Gasteiger partial charge in [-0.1, -0.05) is 25.3 Å². The fourth-order valence-corrected chi connectivity index (χ4v) is 2.49. The Hall–Kier alpha value is -1.52. The Bertz CT molecular complexity index is 312. The zero-order valence-corrected chi connectivity index (χ0v) is 11.4. The van der Waals surface area contributed by atoms with Crippen LogP contribution in [0.5, 0.6) is 0 Å². The molecule has 3 N–H and O–H groups in total. The molecule has 1 atom stereocenters. The van der Waals surface area contributed by atoms with E-state index in [0.717, 1.165) is 44.9 Å². The van der Waals surface area contributed by atoms with Gasteiger partial charge in [0.2, 0.25) is 0 Å². The summed E-state index contributed by atoms with van der Waals surface area (Å²) in [5.41, 5.74) is 0. The SMILES string of the molecule is C=CCCCNC(=O)NC(C(=O)O)C1CCCCC1. The first-order chi connectivity index (χ1) is 9.15. The van der Waals surface area contributed by atoms with Crippen LogP contribution in [0.25, 0.3) is 0 Å².